The summed E-state index contributed by atoms with van der Waals surface area (Å²) < 4.78 is 1.78. The third kappa shape index (κ3) is 2.31. The highest BCUT2D eigenvalue weighted by atomic mass is 35.5. The highest BCUT2D eigenvalue weighted by Crippen LogP contribution is 2.29. The zero-order valence-corrected chi connectivity index (χ0v) is 11.4. The second-order valence-corrected chi connectivity index (χ2v) is 5.57. The van der Waals surface area contributed by atoms with E-state index >= 15 is 0 Å². The van der Waals surface area contributed by atoms with E-state index in [1.807, 2.05) is 24.3 Å². The van der Waals surface area contributed by atoms with Crippen LogP contribution in [0.5, 0.6) is 0 Å². The van der Waals surface area contributed by atoms with Crippen molar-refractivity contribution in [3.05, 3.63) is 40.4 Å². The SMILES string of the molecule is CC(C)(C)c1nnc(Cl)n1-c1ccccc1Cl. The van der Waals surface area contributed by atoms with Gasteiger partial charge in [-0.15, -0.1) is 10.2 Å². The highest BCUT2D eigenvalue weighted by molar-refractivity contribution is 6.33. The summed E-state index contributed by atoms with van der Waals surface area (Å²) in [5.74, 6) is 0.788. The first-order chi connectivity index (χ1) is 7.91. The minimum absolute atomic E-state index is 0.153. The van der Waals surface area contributed by atoms with Crippen LogP contribution in [0.2, 0.25) is 10.3 Å². The van der Waals surface area contributed by atoms with E-state index in [0.29, 0.717) is 10.3 Å². The maximum absolute atomic E-state index is 6.17. The third-order valence-corrected chi connectivity index (χ3v) is 2.95. The van der Waals surface area contributed by atoms with Gasteiger partial charge in [-0.2, -0.15) is 0 Å². The van der Waals surface area contributed by atoms with Gasteiger partial charge in [-0.1, -0.05) is 44.5 Å². The zero-order valence-electron chi connectivity index (χ0n) is 9.91. The lowest BCUT2D eigenvalue weighted by atomic mass is 9.95. The van der Waals surface area contributed by atoms with Crippen LogP contribution in [0.1, 0.15) is 26.6 Å². The quantitative estimate of drug-likeness (QED) is 0.787. The van der Waals surface area contributed by atoms with Gasteiger partial charge >= 0.3 is 0 Å². The molecule has 0 N–H and O–H groups in total. The molecule has 0 radical (unpaired) electrons. The molecule has 90 valence electrons. The molecule has 0 unspecified atom stereocenters. The molecule has 0 saturated heterocycles. The van der Waals surface area contributed by atoms with Crippen LogP contribution >= 0.6 is 23.2 Å². The first kappa shape index (κ1) is 12.4. The molecule has 0 atom stereocenters. The van der Waals surface area contributed by atoms with Crippen molar-refractivity contribution in [1.29, 1.82) is 0 Å². The molecule has 3 nitrogen and oxygen atoms in total. The number of nitrogens with zero attached hydrogens (tertiary/aromatic N) is 3. The molecule has 1 aromatic carbocycles. The Bertz CT molecular complexity index is 541. The molecule has 0 spiro atoms. The van der Waals surface area contributed by atoms with Gasteiger partial charge in [0, 0.05) is 5.41 Å². The highest BCUT2D eigenvalue weighted by Gasteiger charge is 2.24. The van der Waals surface area contributed by atoms with Crippen molar-refractivity contribution in [1.82, 2.24) is 14.8 Å². The summed E-state index contributed by atoms with van der Waals surface area (Å²) in [5, 5.41) is 8.99. The molecule has 0 saturated carbocycles. The standard InChI is InChI=1S/C12H13Cl2N3/c1-12(2,3)10-15-16-11(14)17(10)9-7-5-4-6-8(9)13/h4-7H,1-3H3. The van der Waals surface area contributed by atoms with Gasteiger partial charge in [-0.3, -0.25) is 4.57 Å². The van der Waals surface area contributed by atoms with E-state index in [-0.39, 0.29) is 5.41 Å². The summed E-state index contributed by atoms with van der Waals surface area (Å²) >= 11 is 12.3. The fourth-order valence-electron chi connectivity index (χ4n) is 1.60. The average Bonchev–Trinajstić information content (AvgIpc) is 2.60. The van der Waals surface area contributed by atoms with Crippen LogP contribution in [0.15, 0.2) is 24.3 Å². The first-order valence-corrected chi connectivity index (χ1v) is 6.03. The molecular weight excluding hydrogens is 257 g/mol. The zero-order chi connectivity index (χ0) is 12.6. The van der Waals surface area contributed by atoms with Crippen LogP contribution in [0.4, 0.5) is 0 Å². The Morgan fingerprint density at radius 3 is 2.29 bits per heavy atom. The number of aromatic nitrogens is 3. The van der Waals surface area contributed by atoms with Crippen LogP contribution in [0.25, 0.3) is 5.69 Å². The minimum Gasteiger partial charge on any atom is -0.268 e. The summed E-state index contributed by atoms with van der Waals surface area (Å²) in [5.41, 5.74) is 0.647. The summed E-state index contributed by atoms with van der Waals surface area (Å²) in [7, 11) is 0. The Kier molecular flexibility index (Phi) is 3.15. The smallest absolute Gasteiger partial charge is 0.229 e. The van der Waals surface area contributed by atoms with Gasteiger partial charge in [0.2, 0.25) is 5.28 Å². The second-order valence-electron chi connectivity index (χ2n) is 4.83. The topological polar surface area (TPSA) is 30.7 Å². The summed E-state index contributed by atoms with van der Waals surface area (Å²) in [6.07, 6.45) is 0. The normalized spacial score (nSPS) is 11.8. The molecule has 0 aliphatic carbocycles. The number of halogens is 2. The van der Waals surface area contributed by atoms with Crippen molar-refractivity contribution in [2.24, 2.45) is 0 Å². The molecule has 5 heteroatoms. The molecule has 0 aliphatic rings. The predicted octanol–water partition coefficient (Wildman–Crippen LogP) is 3.87. The van der Waals surface area contributed by atoms with Crippen LogP contribution in [0.3, 0.4) is 0 Å². The number of hydrogen-bond donors (Lipinski definition) is 0. The molecule has 1 aromatic heterocycles. The van der Waals surface area contributed by atoms with E-state index in [4.69, 9.17) is 23.2 Å². The van der Waals surface area contributed by atoms with E-state index < -0.39 is 0 Å². The van der Waals surface area contributed by atoms with Crippen molar-refractivity contribution < 1.29 is 0 Å². The molecule has 17 heavy (non-hydrogen) atoms. The predicted molar refractivity (Wildman–Crippen MR) is 70.1 cm³/mol. The van der Waals surface area contributed by atoms with Gasteiger partial charge in [-0.05, 0) is 23.7 Å². The Balaban J connectivity index is 2.68. The maximum atomic E-state index is 6.17. The van der Waals surface area contributed by atoms with Gasteiger partial charge in [0.15, 0.2) is 0 Å². The molecule has 0 aliphatic heterocycles. The van der Waals surface area contributed by atoms with E-state index in [1.54, 1.807) is 4.57 Å². The summed E-state index contributed by atoms with van der Waals surface area (Å²) in [6, 6.07) is 7.50. The van der Waals surface area contributed by atoms with Crippen LogP contribution in [-0.2, 0) is 5.41 Å². The Morgan fingerprint density at radius 2 is 1.71 bits per heavy atom. The van der Waals surface area contributed by atoms with Gasteiger partial charge in [0.1, 0.15) is 5.82 Å². The number of rotatable bonds is 1. The van der Waals surface area contributed by atoms with Crippen LogP contribution in [-0.4, -0.2) is 14.8 Å². The Morgan fingerprint density at radius 1 is 1.06 bits per heavy atom. The molecule has 0 amide bonds. The molecule has 0 fully saturated rings. The Labute approximate surface area is 110 Å². The van der Waals surface area contributed by atoms with E-state index in [0.717, 1.165) is 11.5 Å². The third-order valence-electron chi connectivity index (χ3n) is 2.39. The van der Waals surface area contributed by atoms with Gasteiger partial charge in [-0.25, -0.2) is 0 Å². The molecule has 2 rings (SSSR count). The van der Waals surface area contributed by atoms with Crippen molar-refractivity contribution in [2.45, 2.75) is 26.2 Å². The van der Waals surface area contributed by atoms with Crippen molar-refractivity contribution in [2.75, 3.05) is 0 Å². The van der Waals surface area contributed by atoms with E-state index in [1.165, 1.54) is 0 Å². The molecule has 2 aromatic rings. The van der Waals surface area contributed by atoms with Crippen LogP contribution < -0.4 is 0 Å². The second kappa shape index (κ2) is 4.31. The van der Waals surface area contributed by atoms with Crippen molar-refractivity contribution in [3.63, 3.8) is 0 Å². The number of hydrogen-bond acceptors (Lipinski definition) is 2. The molecular formula is C12H13Cl2N3. The van der Waals surface area contributed by atoms with E-state index in [2.05, 4.69) is 31.0 Å². The fraction of sp³-hybridized carbons (Fsp3) is 0.333. The first-order valence-electron chi connectivity index (χ1n) is 5.27. The largest absolute Gasteiger partial charge is 0.268 e. The fourth-order valence-corrected chi connectivity index (χ4v) is 2.03. The van der Waals surface area contributed by atoms with E-state index in [9.17, 15) is 0 Å². The molecule has 0 bridgehead atoms. The lowest BCUT2D eigenvalue weighted by Gasteiger charge is -2.19. The lowest BCUT2D eigenvalue weighted by Crippen LogP contribution is -2.18. The van der Waals surface area contributed by atoms with Gasteiger partial charge in [0.25, 0.3) is 0 Å². The number of benzene rings is 1. The average molecular weight is 270 g/mol. The number of para-hydroxylation sites is 1. The van der Waals surface area contributed by atoms with Crippen molar-refractivity contribution in [3.8, 4) is 5.69 Å². The summed E-state index contributed by atoms with van der Waals surface area (Å²) in [4.78, 5) is 0. The summed E-state index contributed by atoms with van der Waals surface area (Å²) in [6.45, 7) is 6.17. The minimum atomic E-state index is -0.153. The van der Waals surface area contributed by atoms with Gasteiger partial charge in [0.05, 0.1) is 10.7 Å². The van der Waals surface area contributed by atoms with Crippen LogP contribution in [0, 0.1) is 0 Å². The maximum Gasteiger partial charge on any atom is 0.229 e. The monoisotopic (exact) mass is 269 g/mol. The molecule has 1 heterocycles. The van der Waals surface area contributed by atoms with Gasteiger partial charge < -0.3 is 0 Å². The Hall–Kier alpha value is -1.06. The van der Waals surface area contributed by atoms with Crippen molar-refractivity contribution >= 4 is 23.2 Å². The lowest BCUT2D eigenvalue weighted by molar-refractivity contribution is 0.533.